The van der Waals surface area contributed by atoms with Crippen LogP contribution in [0.3, 0.4) is 0 Å². The summed E-state index contributed by atoms with van der Waals surface area (Å²) in [4.78, 5) is 25.4. The number of ether oxygens (including phenoxy) is 1. The highest BCUT2D eigenvalue weighted by Crippen LogP contribution is 2.34. The van der Waals surface area contributed by atoms with E-state index in [1.165, 1.54) is 54.7 Å². The Morgan fingerprint density at radius 1 is 0.906 bits per heavy atom. The summed E-state index contributed by atoms with van der Waals surface area (Å²) in [5.74, 6) is 0.499. The zero-order valence-corrected chi connectivity index (χ0v) is 17.9. The minimum Gasteiger partial charge on any atom is -0.403 e. The van der Waals surface area contributed by atoms with Crippen LogP contribution in [0.2, 0.25) is 0 Å². The van der Waals surface area contributed by atoms with E-state index in [4.69, 9.17) is 4.74 Å². The smallest absolute Gasteiger partial charge is 0.403 e. The first-order valence-corrected chi connectivity index (χ1v) is 11.0. The highest BCUT2D eigenvalue weighted by molar-refractivity contribution is 5.89. The maximum absolute atomic E-state index is 13.2. The molecule has 0 N–H and O–H groups in total. The van der Waals surface area contributed by atoms with Crippen LogP contribution in [0.25, 0.3) is 0 Å². The highest BCUT2D eigenvalue weighted by atomic mass is 16.6. The van der Waals surface area contributed by atoms with Gasteiger partial charge in [-0.3, -0.25) is 15.0 Å². The average molecular weight is 431 g/mol. The van der Waals surface area contributed by atoms with Gasteiger partial charge in [-0.2, -0.15) is 0 Å². The van der Waals surface area contributed by atoms with Gasteiger partial charge in [-0.1, -0.05) is 73.9 Å². The van der Waals surface area contributed by atoms with E-state index in [0.29, 0.717) is 18.2 Å². The second kappa shape index (κ2) is 10.1. The number of para-hydroxylation sites is 2. The number of nitrogens with zero attached hydrogens (tertiary/aromatic N) is 2. The molecule has 1 aliphatic rings. The van der Waals surface area contributed by atoms with Crippen molar-refractivity contribution in [2.45, 2.75) is 44.6 Å². The molecule has 0 saturated heterocycles. The van der Waals surface area contributed by atoms with Crippen LogP contribution in [0.1, 0.15) is 49.1 Å². The number of rotatable bonds is 6. The summed E-state index contributed by atoms with van der Waals surface area (Å²) in [5, 5.41) is 11.3. The van der Waals surface area contributed by atoms with Gasteiger partial charge in [-0.15, -0.1) is 0 Å². The summed E-state index contributed by atoms with van der Waals surface area (Å²) in [5.41, 5.74) is 2.67. The Morgan fingerprint density at radius 2 is 1.56 bits per heavy atom. The van der Waals surface area contributed by atoms with Crippen LogP contribution < -0.4 is 9.64 Å². The van der Waals surface area contributed by atoms with Gasteiger partial charge in [0.1, 0.15) is 0 Å². The molecule has 1 saturated carbocycles. The predicted molar refractivity (Wildman–Crippen MR) is 124 cm³/mol. The third-order valence-electron chi connectivity index (χ3n) is 5.94. The molecule has 0 aromatic heterocycles. The van der Waals surface area contributed by atoms with E-state index in [1.54, 1.807) is 12.1 Å². The van der Waals surface area contributed by atoms with Crippen molar-refractivity contribution in [3.8, 4) is 5.75 Å². The molecular formula is C26H26N2O4. The van der Waals surface area contributed by atoms with Crippen molar-refractivity contribution >= 4 is 17.5 Å². The van der Waals surface area contributed by atoms with Crippen LogP contribution in [0.4, 0.5) is 16.2 Å². The van der Waals surface area contributed by atoms with Gasteiger partial charge >= 0.3 is 11.8 Å². The van der Waals surface area contributed by atoms with E-state index < -0.39 is 11.0 Å². The summed E-state index contributed by atoms with van der Waals surface area (Å²) in [6.45, 7) is 0.295. The van der Waals surface area contributed by atoms with E-state index in [2.05, 4.69) is 12.1 Å². The Balaban J connectivity index is 1.60. The summed E-state index contributed by atoms with van der Waals surface area (Å²) in [6.07, 6.45) is 5.56. The number of benzene rings is 3. The number of amides is 1. The summed E-state index contributed by atoms with van der Waals surface area (Å²) in [7, 11) is 0. The molecule has 3 aromatic rings. The Bertz CT molecular complexity index is 1060. The number of carbonyl (C=O) groups excluding carboxylic acids is 1. The lowest BCUT2D eigenvalue weighted by Gasteiger charge is -2.25. The zero-order valence-electron chi connectivity index (χ0n) is 17.9. The fourth-order valence-electron chi connectivity index (χ4n) is 4.23. The van der Waals surface area contributed by atoms with Crippen LogP contribution in [0.15, 0.2) is 78.9 Å². The van der Waals surface area contributed by atoms with Gasteiger partial charge in [-0.05, 0) is 48.1 Å². The van der Waals surface area contributed by atoms with Crippen molar-refractivity contribution in [1.82, 2.24) is 0 Å². The molecule has 0 unspecified atom stereocenters. The number of nitro groups is 1. The number of carbonyl (C=O) groups is 1. The second-order valence-electron chi connectivity index (χ2n) is 8.09. The average Bonchev–Trinajstić information content (AvgIpc) is 2.84. The zero-order chi connectivity index (χ0) is 22.3. The van der Waals surface area contributed by atoms with Crippen LogP contribution in [-0.2, 0) is 6.54 Å². The molecule has 32 heavy (non-hydrogen) atoms. The summed E-state index contributed by atoms with van der Waals surface area (Å²) < 4.78 is 5.49. The molecule has 1 amide bonds. The molecule has 0 aliphatic heterocycles. The summed E-state index contributed by atoms with van der Waals surface area (Å²) in [6, 6.07) is 23.6. The lowest BCUT2D eigenvalue weighted by molar-refractivity contribution is -0.385. The minimum absolute atomic E-state index is 0.0700. The van der Waals surface area contributed by atoms with E-state index in [-0.39, 0.29) is 11.4 Å². The molecule has 1 fully saturated rings. The minimum atomic E-state index is -0.659. The van der Waals surface area contributed by atoms with Crippen molar-refractivity contribution in [3.05, 3.63) is 100 Å². The highest BCUT2D eigenvalue weighted by Gasteiger charge is 2.23. The molecule has 4 rings (SSSR count). The van der Waals surface area contributed by atoms with Crippen molar-refractivity contribution in [2.24, 2.45) is 0 Å². The molecule has 0 atom stereocenters. The van der Waals surface area contributed by atoms with Crippen LogP contribution >= 0.6 is 0 Å². The molecule has 0 radical (unpaired) electrons. The molecule has 6 heteroatoms. The third kappa shape index (κ3) is 5.14. The molecule has 3 aromatic carbocycles. The maximum atomic E-state index is 13.2. The molecule has 164 valence electrons. The van der Waals surface area contributed by atoms with Crippen molar-refractivity contribution in [2.75, 3.05) is 4.90 Å². The molecule has 6 nitrogen and oxygen atoms in total. The maximum Gasteiger partial charge on any atom is 0.420 e. The molecule has 1 aliphatic carbocycles. The standard InChI is InChI=1S/C26H26N2O4/c29-26(32-25-14-8-7-13-24(25)28(30)31)27(19-20-9-3-1-4-10-20)23-17-15-22(16-18-23)21-11-5-2-6-12-21/h1,3-4,7-10,13-18,21H,2,5-6,11-12,19H2. The van der Waals surface area contributed by atoms with Gasteiger partial charge in [0.15, 0.2) is 0 Å². The monoisotopic (exact) mass is 430 g/mol. The first-order chi connectivity index (χ1) is 15.6. The second-order valence-corrected chi connectivity index (χ2v) is 8.09. The van der Waals surface area contributed by atoms with E-state index in [0.717, 1.165) is 5.56 Å². The van der Waals surface area contributed by atoms with Gasteiger partial charge in [0.25, 0.3) is 0 Å². The van der Waals surface area contributed by atoms with Crippen molar-refractivity contribution in [3.63, 3.8) is 0 Å². The van der Waals surface area contributed by atoms with Gasteiger partial charge in [0.2, 0.25) is 5.75 Å². The topological polar surface area (TPSA) is 72.7 Å². The quantitative estimate of drug-likeness (QED) is 0.317. The first kappa shape index (κ1) is 21.6. The lowest BCUT2D eigenvalue weighted by atomic mass is 9.84. The van der Waals surface area contributed by atoms with Gasteiger partial charge in [0.05, 0.1) is 11.5 Å². The Morgan fingerprint density at radius 3 is 2.25 bits per heavy atom. The van der Waals surface area contributed by atoms with Gasteiger partial charge in [0, 0.05) is 11.8 Å². The van der Waals surface area contributed by atoms with E-state index in [1.807, 2.05) is 42.5 Å². The van der Waals surface area contributed by atoms with Gasteiger partial charge in [-0.25, -0.2) is 4.79 Å². The number of hydrogen-bond acceptors (Lipinski definition) is 4. The Kier molecular flexibility index (Phi) is 6.80. The lowest BCUT2D eigenvalue weighted by Crippen LogP contribution is -2.33. The Labute approximate surface area is 187 Å². The van der Waals surface area contributed by atoms with Gasteiger partial charge < -0.3 is 4.74 Å². The fraction of sp³-hybridized carbons (Fsp3) is 0.269. The predicted octanol–water partition coefficient (Wildman–Crippen LogP) is 6.85. The fourth-order valence-corrected chi connectivity index (χ4v) is 4.23. The third-order valence-corrected chi connectivity index (χ3v) is 5.94. The molecule has 0 spiro atoms. The normalized spacial score (nSPS) is 14.0. The number of anilines is 1. The number of hydrogen-bond donors (Lipinski definition) is 0. The molecule has 0 heterocycles. The van der Waals surface area contributed by atoms with Crippen molar-refractivity contribution < 1.29 is 14.5 Å². The number of nitro benzene ring substituents is 1. The SMILES string of the molecule is O=C(Oc1ccccc1[N+](=O)[O-])N(Cc1ccccc1)c1ccc(C2CCCCC2)cc1. The molecular weight excluding hydrogens is 404 g/mol. The summed E-state index contributed by atoms with van der Waals surface area (Å²) >= 11 is 0. The van der Waals surface area contributed by atoms with Crippen LogP contribution in [-0.4, -0.2) is 11.0 Å². The van der Waals surface area contributed by atoms with Crippen LogP contribution in [0.5, 0.6) is 5.75 Å². The van der Waals surface area contributed by atoms with Crippen LogP contribution in [0, 0.1) is 10.1 Å². The largest absolute Gasteiger partial charge is 0.420 e. The first-order valence-electron chi connectivity index (χ1n) is 11.0. The van der Waals surface area contributed by atoms with Crippen molar-refractivity contribution in [1.29, 1.82) is 0 Å². The van der Waals surface area contributed by atoms with E-state index >= 15 is 0 Å². The molecule has 0 bridgehead atoms. The Hall–Kier alpha value is -3.67. The van der Waals surface area contributed by atoms with E-state index in [9.17, 15) is 14.9 Å².